The molecule has 0 unspecified atom stereocenters. The summed E-state index contributed by atoms with van der Waals surface area (Å²) in [5, 5.41) is 16.9. The van der Waals surface area contributed by atoms with Gasteiger partial charge >= 0.3 is 6.16 Å². The minimum Gasteiger partial charge on any atom is -0.450 e. The smallest absolute Gasteiger partial charge is 0.450 e. The number of hydrogen-bond donors (Lipinski definition) is 1. The average molecular weight is 231 g/mol. The fourth-order valence-corrected chi connectivity index (χ4v) is 1.29. The van der Waals surface area contributed by atoms with Crippen LogP contribution in [0.15, 0.2) is 30.3 Å². The van der Waals surface area contributed by atoms with Crippen LogP contribution >= 0.6 is 0 Å². The lowest BCUT2D eigenvalue weighted by atomic mass is 10.1. The molecule has 0 fully saturated rings. The third-order valence-electron chi connectivity index (χ3n) is 2.07. The minimum atomic E-state index is -1.24. The number of hydrogen-bond acceptors (Lipinski definition) is 3. The SMILES string of the molecule is N#Cc1cccc(C=CCCCOC(=O)O)c1. The molecule has 1 aromatic rings. The van der Waals surface area contributed by atoms with Crippen LogP contribution in [-0.4, -0.2) is 17.9 Å². The van der Waals surface area contributed by atoms with Gasteiger partial charge < -0.3 is 9.84 Å². The molecule has 0 spiro atoms. The predicted octanol–water partition coefficient (Wildman–Crippen LogP) is 3.05. The Morgan fingerprint density at radius 2 is 2.35 bits per heavy atom. The molecule has 1 aromatic carbocycles. The van der Waals surface area contributed by atoms with E-state index in [1.807, 2.05) is 24.3 Å². The van der Waals surface area contributed by atoms with Gasteiger partial charge in [-0.25, -0.2) is 4.79 Å². The van der Waals surface area contributed by atoms with E-state index in [1.54, 1.807) is 12.1 Å². The van der Waals surface area contributed by atoms with Gasteiger partial charge in [-0.05, 0) is 30.5 Å². The number of nitrogens with zero attached hydrogens (tertiary/aromatic N) is 1. The molecule has 0 bridgehead atoms. The molecule has 0 atom stereocenters. The normalized spacial score (nSPS) is 10.1. The van der Waals surface area contributed by atoms with Crippen molar-refractivity contribution in [1.82, 2.24) is 0 Å². The highest BCUT2D eigenvalue weighted by Crippen LogP contribution is 2.07. The molecule has 1 N–H and O–H groups in total. The second-order valence-corrected chi connectivity index (χ2v) is 3.40. The maximum Gasteiger partial charge on any atom is 0.505 e. The van der Waals surface area contributed by atoms with Crippen LogP contribution in [0.1, 0.15) is 24.0 Å². The zero-order chi connectivity index (χ0) is 12.5. The van der Waals surface area contributed by atoms with E-state index in [0.29, 0.717) is 12.0 Å². The molecule has 0 aliphatic carbocycles. The molecular weight excluding hydrogens is 218 g/mol. The van der Waals surface area contributed by atoms with Crippen molar-refractivity contribution in [2.75, 3.05) is 6.61 Å². The molecule has 0 aliphatic rings. The Kier molecular flexibility index (Phi) is 5.32. The van der Waals surface area contributed by atoms with Crippen molar-refractivity contribution in [1.29, 1.82) is 5.26 Å². The first-order valence-electron chi connectivity index (χ1n) is 5.25. The summed E-state index contributed by atoms with van der Waals surface area (Å²) in [6.45, 7) is 0.206. The number of benzene rings is 1. The van der Waals surface area contributed by atoms with E-state index in [1.165, 1.54) is 0 Å². The number of carbonyl (C=O) groups is 1. The third kappa shape index (κ3) is 5.38. The first kappa shape index (κ1) is 12.8. The molecule has 0 amide bonds. The van der Waals surface area contributed by atoms with Gasteiger partial charge in [-0.3, -0.25) is 0 Å². The van der Waals surface area contributed by atoms with Crippen LogP contribution in [0, 0.1) is 11.3 Å². The van der Waals surface area contributed by atoms with Gasteiger partial charge in [-0.2, -0.15) is 5.26 Å². The highest BCUT2D eigenvalue weighted by atomic mass is 16.7. The molecule has 0 saturated carbocycles. The van der Waals surface area contributed by atoms with Crippen LogP contribution < -0.4 is 0 Å². The molecule has 4 nitrogen and oxygen atoms in total. The average Bonchev–Trinajstić information content (AvgIpc) is 2.33. The van der Waals surface area contributed by atoms with Gasteiger partial charge in [-0.15, -0.1) is 0 Å². The molecular formula is C13H13NO3. The molecule has 0 radical (unpaired) electrons. The topological polar surface area (TPSA) is 70.3 Å². The minimum absolute atomic E-state index is 0.206. The van der Waals surface area contributed by atoms with Crippen LogP contribution in [0.3, 0.4) is 0 Å². The Hall–Kier alpha value is -2.28. The van der Waals surface area contributed by atoms with Crippen molar-refractivity contribution in [2.24, 2.45) is 0 Å². The van der Waals surface area contributed by atoms with E-state index in [9.17, 15) is 4.79 Å². The first-order chi connectivity index (χ1) is 8.22. The van der Waals surface area contributed by atoms with Crippen LogP contribution in [-0.2, 0) is 4.74 Å². The summed E-state index contributed by atoms with van der Waals surface area (Å²) in [7, 11) is 0. The fourth-order valence-electron chi connectivity index (χ4n) is 1.29. The largest absolute Gasteiger partial charge is 0.505 e. The van der Waals surface area contributed by atoms with E-state index < -0.39 is 6.16 Å². The predicted molar refractivity (Wildman–Crippen MR) is 63.4 cm³/mol. The Morgan fingerprint density at radius 1 is 1.53 bits per heavy atom. The first-order valence-corrected chi connectivity index (χ1v) is 5.25. The summed E-state index contributed by atoms with van der Waals surface area (Å²) in [4.78, 5) is 10.1. The summed E-state index contributed by atoms with van der Waals surface area (Å²) in [5.41, 5.74) is 1.59. The maximum atomic E-state index is 10.1. The third-order valence-corrected chi connectivity index (χ3v) is 2.07. The van der Waals surface area contributed by atoms with E-state index in [0.717, 1.165) is 12.0 Å². The van der Waals surface area contributed by atoms with Gasteiger partial charge in [0.2, 0.25) is 0 Å². The molecule has 17 heavy (non-hydrogen) atoms. The van der Waals surface area contributed by atoms with Gasteiger partial charge in [0.25, 0.3) is 0 Å². The lowest BCUT2D eigenvalue weighted by Gasteiger charge is -1.97. The quantitative estimate of drug-likeness (QED) is 0.624. The van der Waals surface area contributed by atoms with Crippen LogP contribution in [0.5, 0.6) is 0 Å². The van der Waals surface area contributed by atoms with Crippen molar-refractivity contribution in [3.63, 3.8) is 0 Å². The summed E-state index contributed by atoms with van der Waals surface area (Å²) in [6, 6.07) is 9.35. The highest BCUT2D eigenvalue weighted by Gasteiger charge is 1.94. The van der Waals surface area contributed by atoms with Crippen molar-refractivity contribution in [3.05, 3.63) is 41.5 Å². The molecule has 1 rings (SSSR count). The van der Waals surface area contributed by atoms with Crippen molar-refractivity contribution in [3.8, 4) is 6.07 Å². The number of ether oxygens (including phenoxy) is 1. The van der Waals surface area contributed by atoms with E-state index in [2.05, 4.69) is 10.8 Å². The van der Waals surface area contributed by atoms with E-state index in [-0.39, 0.29) is 6.61 Å². The highest BCUT2D eigenvalue weighted by molar-refractivity contribution is 5.56. The Morgan fingerprint density at radius 3 is 3.06 bits per heavy atom. The Labute approximate surface area is 99.8 Å². The van der Waals surface area contributed by atoms with E-state index in [4.69, 9.17) is 10.4 Å². The number of carboxylic acid groups (broad SMARTS) is 1. The number of unbranched alkanes of at least 4 members (excludes halogenated alkanes) is 1. The van der Waals surface area contributed by atoms with Gasteiger partial charge in [0.1, 0.15) is 0 Å². The molecule has 0 aromatic heterocycles. The lowest BCUT2D eigenvalue weighted by Crippen LogP contribution is -2.00. The van der Waals surface area contributed by atoms with Gasteiger partial charge in [0, 0.05) is 0 Å². The molecule has 88 valence electrons. The van der Waals surface area contributed by atoms with Crippen LogP contribution in [0.4, 0.5) is 4.79 Å². The molecule has 4 heteroatoms. The molecule has 0 aliphatic heterocycles. The van der Waals surface area contributed by atoms with Crippen LogP contribution in [0.25, 0.3) is 6.08 Å². The molecule has 0 heterocycles. The Balaban J connectivity index is 2.33. The summed E-state index contributed by atoms with van der Waals surface area (Å²) in [6.07, 6.45) is 3.99. The molecule has 0 saturated heterocycles. The van der Waals surface area contributed by atoms with Gasteiger partial charge in [0.05, 0.1) is 18.2 Å². The van der Waals surface area contributed by atoms with Crippen LogP contribution in [0.2, 0.25) is 0 Å². The van der Waals surface area contributed by atoms with Gasteiger partial charge in [-0.1, -0.05) is 24.3 Å². The number of allylic oxidation sites excluding steroid dienone is 1. The summed E-state index contributed by atoms with van der Waals surface area (Å²) >= 11 is 0. The number of rotatable bonds is 5. The second kappa shape index (κ2) is 7.07. The number of nitriles is 1. The zero-order valence-corrected chi connectivity index (χ0v) is 9.30. The van der Waals surface area contributed by atoms with Gasteiger partial charge in [0.15, 0.2) is 0 Å². The zero-order valence-electron chi connectivity index (χ0n) is 9.30. The van der Waals surface area contributed by atoms with E-state index >= 15 is 0 Å². The summed E-state index contributed by atoms with van der Waals surface area (Å²) < 4.78 is 4.37. The standard InChI is InChI=1S/C13H13NO3/c14-10-12-7-4-6-11(9-12)5-2-1-3-8-17-13(15)16/h2,4-7,9H,1,3,8H2,(H,15,16). The Bertz CT molecular complexity index is 446. The second-order valence-electron chi connectivity index (χ2n) is 3.40. The fraction of sp³-hybridized carbons (Fsp3) is 0.231. The van der Waals surface area contributed by atoms with Crippen molar-refractivity contribution in [2.45, 2.75) is 12.8 Å². The van der Waals surface area contributed by atoms with Crippen molar-refractivity contribution < 1.29 is 14.6 Å². The summed E-state index contributed by atoms with van der Waals surface area (Å²) in [5.74, 6) is 0. The lowest BCUT2D eigenvalue weighted by molar-refractivity contribution is 0.0909. The monoisotopic (exact) mass is 231 g/mol. The van der Waals surface area contributed by atoms with Crippen molar-refractivity contribution >= 4 is 12.2 Å². The maximum absolute atomic E-state index is 10.1.